The molecule has 0 amide bonds. The van der Waals surface area contributed by atoms with Gasteiger partial charge in [0.25, 0.3) is 0 Å². The fourth-order valence-corrected chi connectivity index (χ4v) is 2.73. The molecule has 1 aliphatic rings. The Morgan fingerprint density at radius 1 is 1.44 bits per heavy atom. The van der Waals surface area contributed by atoms with E-state index in [0.717, 1.165) is 24.0 Å². The van der Waals surface area contributed by atoms with Gasteiger partial charge in [-0.25, -0.2) is 0 Å². The third kappa shape index (κ3) is 4.27. The first-order chi connectivity index (χ1) is 8.63. The maximum atomic E-state index is 6.02. The molecule has 2 nitrogen and oxygen atoms in total. The average Bonchev–Trinajstić information content (AvgIpc) is 2.74. The van der Waals surface area contributed by atoms with Crippen molar-refractivity contribution in [2.75, 3.05) is 19.6 Å². The Kier molecular flexibility index (Phi) is 5.04. The van der Waals surface area contributed by atoms with Crippen LogP contribution in [0.5, 0.6) is 0 Å². The molecule has 0 aromatic heterocycles. The summed E-state index contributed by atoms with van der Waals surface area (Å²) in [4.78, 5) is 2.53. The Labute approximate surface area is 115 Å². The number of benzene rings is 1. The van der Waals surface area contributed by atoms with E-state index in [0.29, 0.717) is 6.04 Å². The van der Waals surface area contributed by atoms with Crippen LogP contribution in [-0.4, -0.2) is 30.6 Å². The van der Waals surface area contributed by atoms with Crippen molar-refractivity contribution in [1.29, 1.82) is 0 Å². The summed E-state index contributed by atoms with van der Waals surface area (Å²) in [5, 5.41) is 4.37. The first kappa shape index (κ1) is 13.9. The third-order valence-corrected chi connectivity index (χ3v) is 3.72. The van der Waals surface area contributed by atoms with Crippen molar-refractivity contribution in [2.24, 2.45) is 5.92 Å². The van der Waals surface area contributed by atoms with Gasteiger partial charge < -0.3 is 5.32 Å². The third-order valence-electron chi connectivity index (χ3n) is 3.48. The fourth-order valence-electron chi connectivity index (χ4n) is 2.52. The lowest BCUT2D eigenvalue weighted by molar-refractivity contribution is 0.313. The molecule has 3 heteroatoms. The number of hydrogen-bond acceptors (Lipinski definition) is 2. The predicted octanol–water partition coefficient (Wildman–Crippen LogP) is 3.16. The molecule has 1 fully saturated rings. The van der Waals surface area contributed by atoms with Crippen LogP contribution in [0.1, 0.15) is 25.8 Å². The van der Waals surface area contributed by atoms with Crippen LogP contribution in [0.25, 0.3) is 0 Å². The summed E-state index contributed by atoms with van der Waals surface area (Å²) < 4.78 is 0. The van der Waals surface area contributed by atoms with Crippen molar-refractivity contribution >= 4 is 11.6 Å². The molecular formula is C15H23ClN2. The van der Waals surface area contributed by atoms with E-state index in [1.807, 2.05) is 12.1 Å². The lowest BCUT2D eigenvalue weighted by Crippen LogP contribution is -2.30. The number of hydrogen-bond donors (Lipinski definition) is 1. The van der Waals surface area contributed by atoms with Crippen LogP contribution in [-0.2, 0) is 6.54 Å². The van der Waals surface area contributed by atoms with E-state index in [4.69, 9.17) is 11.6 Å². The summed E-state index contributed by atoms with van der Waals surface area (Å²) in [5.41, 5.74) is 1.32. The molecule has 2 rings (SSSR count). The van der Waals surface area contributed by atoms with Gasteiger partial charge in [-0.15, -0.1) is 0 Å². The molecule has 100 valence electrons. The van der Waals surface area contributed by atoms with Crippen LogP contribution >= 0.6 is 11.6 Å². The zero-order chi connectivity index (χ0) is 13.0. The first-order valence-corrected chi connectivity index (χ1v) is 7.21. The Bertz CT molecular complexity index is 379. The van der Waals surface area contributed by atoms with E-state index in [9.17, 15) is 0 Å². The molecule has 0 bridgehead atoms. The molecule has 1 atom stereocenters. The van der Waals surface area contributed by atoms with Gasteiger partial charge in [0.2, 0.25) is 0 Å². The van der Waals surface area contributed by atoms with Gasteiger partial charge in [0.1, 0.15) is 0 Å². The Balaban J connectivity index is 1.79. The smallest absolute Gasteiger partial charge is 0.0409 e. The quantitative estimate of drug-likeness (QED) is 0.881. The summed E-state index contributed by atoms with van der Waals surface area (Å²) in [7, 11) is 0. The van der Waals surface area contributed by atoms with Gasteiger partial charge in [-0.1, -0.05) is 37.6 Å². The van der Waals surface area contributed by atoms with Crippen LogP contribution in [0.15, 0.2) is 24.3 Å². The molecule has 0 radical (unpaired) electrons. The number of nitrogens with zero attached hydrogens (tertiary/aromatic N) is 1. The zero-order valence-corrected chi connectivity index (χ0v) is 12.1. The topological polar surface area (TPSA) is 15.3 Å². The summed E-state index contributed by atoms with van der Waals surface area (Å²) in [6.45, 7) is 8.99. The van der Waals surface area contributed by atoms with Gasteiger partial charge in [0.05, 0.1) is 0 Å². The maximum absolute atomic E-state index is 6.02. The van der Waals surface area contributed by atoms with Gasteiger partial charge in [0.15, 0.2) is 0 Å². The monoisotopic (exact) mass is 266 g/mol. The molecule has 1 aromatic rings. The lowest BCUT2D eigenvalue weighted by Gasteiger charge is -2.17. The minimum atomic E-state index is 0.590. The highest BCUT2D eigenvalue weighted by Crippen LogP contribution is 2.19. The van der Waals surface area contributed by atoms with Gasteiger partial charge >= 0.3 is 0 Å². The Morgan fingerprint density at radius 2 is 2.28 bits per heavy atom. The van der Waals surface area contributed by atoms with Crippen molar-refractivity contribution < 1.29 is 0 Å². The van der Waals surface area contributed by atoms with Crippen LogP contribution in [0.2, 0.25) is 5.02 Å². The summed E-state index contributed by atoms with van der Waals surface area (Å²) >= 11 is 6.02. The average molecular weight is 267 g/mol. The minimum absolute atomic E-state index is 0.590. The maximum Gasteiger partial charge on any atom is 0.0409 e. The fraction of sp³-hybridized carbons (Fsp3) is 0.600. The van der Waals surface area contributed by atoms with E-state index in [-0.39, 0.29) is 0 Å². The van der Waals surface area contributed by atoms with Crippen molar-refractivity contribution in [3.63, 3.8) is 0 Å². The van der Waals surface area contributed by atoms with Crippen molar-refractivity contribution in [2.45, 2.75) is 32.9 Å². The molecular weight excluding hydrogens is 244 g/mol. The largest absolute Gasteiger partial charge is 0.314 e. The summed E-state index contributed by atoms with van der Waals surface area (Å²) in [6, 6.07) is 8.79. The number of halogens is 1. The molecule has 18 heavy (non-hydrogen) atoms. The molecule has 0 saturated carbocycles. The van der Waals surface area contributed by atoms with Gasteiger partial charge in [-0.3, -0.25) is 4.90 Å². The van der Waals surface area contributed by atoms with Crippen molar-refractivity contribution in [3.05, 3.63) is 34.9 Å². The Hall–Kier alpha value is -0.570. The van der Waals surface area contributed by atoms with Crippen LogP contribution in [0, 0.1) is 5.92 Å². The molecule has 1 aliphatic heterocycles. The number of nitrogens with one attached hydrogen (secondary N) is 1. The molecule has 1 aromatic carbocycles. The molecule has 0 aliphatic carbocycles. The first-order valence-electron chi connectivity index (χ1n) is 6.83. The van der Waals surface area contributed by atoms with E-state index in [2.05, 4.69) is 36.2 Å². The molecule has 1 N–H and O–H groups in total. The number of likely N-dealkylation sites (tertiary alicyclic amines) is 1. The van der Waals surface area contributed by atoms with Gasteiger partial charge in [0, 0.05) is 24.2 Å². The van der Waals surface area contributed by atoms with Crippen LogP contribution in [0.3, 0.4) is 0 Å². The Morgan fingerprint density at radius 3 is 3.00 bits per heavy atom. The normalized spacial score (nSPS) is 20.8. The SMILES string of the molecule is CC(C)NCC1CCN(Cc2cccc(Cl)c2)C1. The zero-order valence-electron chi connectivity index (χ0n) is 11.3. The van der Waals surface area contributed by atoms with Crippen LogP contribution in [0.4, 0.5) is 0 Å². The molecule has 1 unspecified atom stereocenters. The predicted molar refractivity (Wildman–Crippen MR) is 78.0 cm³/mol. The second kappa shape index (κ2) is 6.55. The molecule has 1 saturated heterocycles. The van der Waals surface area contributed by atoms with E-state index >= 15 is 0 Å². The van der Waals surface area contributed by atoms with Crippen molar-refractivity contribution in [1.82, 2.24) is 10.2 Å². The van der Waals surface area contributed by atoms with E-state index in [1.165, 1.54) is 25.1 Å². The number of rotatable bonds is 5. The van der Waals surface area contributed by atoms with Gasteiger partial charge in [-0.05, 0) is 43.1 Å². The lowest BCUT2D eigenvalue weighted by atomic mass is 10.1. The van der Waals surface area contributed by atoms with Crippen LogP contribution < -0.4 is 5.32 Å². The highest BCUT2D eigenvalue weighted by molar-refractivity contribution is 6.30. The minimum Gasteiger partial charge on any atom is -0.314 e. The summed E-state index contributed by atoms with van der Waals surface area (Å²) in [5.74, 6) is 0.798. The van der Waals surface area contributed by atoms with E-state index in [1.54, 1.807) is 0 Å². The molecule has 1 heterocycles. The van der Waals surface area contributed by atoms with Gasteiger partial charge in [-0.2, -0.15) is 0 Å². The van der Waals surface area contributed by atoms with E-state index < -0.39 is 0 Å². The standard InChI is InChI=1S/C15H23ClN2/c1-12(2)17-9-14-6-7-18(11-14)10-13-4-3-5-15(16)8-13/h3-5,8,12,14,17H,6-7,9-11H2,1-2H3. The highest BCUT2D eigenvalue weighted by Gasteiger charge is 2.22. The summed E-state index contributed by atoms with van der Waals surface area (Å²) in [6.07, 6.45) is 1.31. The second-order valence-corrected chi connectivity index (χ2v) is 6.02. The second-order valence-electron chi connectivity index (χ2n) is 5.58. The highest BCUT2D eigenvalue weighted by atomic mass is 35.5. The van der Waals surface area contributed by atoms with Crippen molar-refractivity contribution in [3.8, 4) is 0 Å². The molecule has 0 spiro atoms.